The van der Waals surface area contributed by atoms with Crippen LogP contribution in [0, 0.1) is 6.92 Å². The molecule has 2 nitrogen and oxygen atoms in total. The highest BCUT2D eigenvalue weighted by atomic mass is 32.1. The molecule has 0 radical (unpaired) electrons. The number of hydrogen-bond acceptors (Lipinski definition) is 3. The third kappa shape index (κ3) is 2.66. The van der Waals surface area contributed by atoms with Crippen LogP contribution in [0.4, 0.5) is 0 Å². The van der Waals surface area contributed by atoms with Gasteiger partial charge in [0.15, 0.2) is 5.82 Å². The Hall–Kier alpha value is -1.74. The van der Waals surface area contributed by atoms with Crippen LogP contribution < -0.4 is 0 Å². The van der Waals surface area contributed by atoms with Crippen molar-refractivity contribution in [1.29, 1.82) is 0 Å². The van der Waals surface area contributed by atoms with E-state index < -0.39 is 0 Å². The third-order valence-corrected chi connectivity index (χ3v) is 4.20. The molecule has 96 valence electrons. The molecule has 3 rings (SSSR count). The first-order valence-electron chi connectivity index (χ1n) is 6.48. The minimum atomic E-state index is 0.389. The zero-order chi connectivity index (χ0) is 13.2. The van der Waals surface area contributed by atoms with Crippen LogP contribution in [0.2, 0.25) is 0 Å². The van der Waals surface area contributed by atoms with Crippen molar-refractivity contribution in [3.05, 3.63) is 58.6 Å². The van der Waals surface area contributed by atoms with Gasteiger partial charge in [-0.1, -0.05) is 53.6 Å². The fourth-order valence-corrected chi connectivity index (χ4v) is 2.88. The summed E-state index contributed by atoms with van der Waals surface area (Å²) in [5.41, 5.74) is 3.69. The van der Waals surface area contributed by atoms with Gasteiger partial charge in [-0.15, -0.1) is 0 Å². The smallest absolute Gasteiger partial charge is 0.173 e. The molecule has 0 aliphatic heterocycles. The average molecular weight is 268 g/mol. The van der Waals surface area contributed by atoms with Crippen molar-refractivity contribution < 1.29 is 0 Å². The second-order valence-corrected chi connectivity index (χ2v) is 5.76. The minimum absolute atomic E-state index is 0.389. The quantitative estimate of drug-likeness (QED) is 0.801. The Morgan fingerprint density at radius 1 is 1.16 bits per heavy atom. The van der Waals surface area contributed by atoms with Gasteiger partial charge < -0.3 is 0 Å². The Bertz CT molecular complexity index is 635. The van der Waals surface area contributed by atoms with Crippen LogP contribution in [0.15, 0.2) is 48.1 Å². The molecule has 1 aliphatic carbocycles. The van der Waals surface area contributed by atoms with Gasteiger partial charge in [0, 0.05) is 11.5 Å². The zero-order valence-corrected chi connectivity index (χ0v) is 11.9. The molecule has 0 amide bonds. The van der Waals surface area contributed by atoms with Gasteiger partial charge in [-0.05, 0) is 31.8 Å². The van der Waals surface area contributed by atoms with Crippen LogP contribution >= 0.6 is 11.5 Å². The summed E-state index contributed by atoms with van der Waals surface area (Å²) in [7, 11) is 0. The van der Waals surface area contributed by atoms with Gasteiger partial charge in [0.05, 0.1) is 0 Å². The number of rotatable bonds is 2. The maximum Gasteiger partial charge on any atom is 0.173 e. The highest BCUT2D eigenvalue weighted by molar-refractivity contribution is 7.05. The molecule has 1 heterocycles. The number of nitrogens with zero attached hydrogens (tertiary/aromatic N) is 2. The molecule has 0 saturated carbocycles. The molecule has 0 saturated heterocycles. The fraction of sp³-hybridized carbons (Fsp3) is 0.250. The molecule has 0 N–H and O–H groups in total. The second-order valence-electron chi connectivity index (χ2n) is 4.97. The highest BCUT2D eigenvalue weighted by Gasteiger charge is 2.15. The lowest BCUT2D eigenvalue weighted by atomic mass is 9.98. The first-order chi connectivity index (χ1) is 9.22. The Morgan fingerprint density at radius 2 is 1.95 bits per heavy atom. The van der Waals surface area contributed by atoms with Gasteiger partial charge in [0.1, 0.15) is 5.01 Å². The summed E-state index contributed by atoms with van der Waals surface area (Å²) in [6.07, 6.45) is 7.69. The topological polar surface area (TPSA) is 25.8 Å². The number of aryl methyl sites for hydroxylation is 1. The SMILES string of the molecule is CC1=CCC(c2nc(-c3ccc(C)cc3)ns2)C=C1. The van der Waals surface area contributed by atoms with E-state index in [0.29, 0.717) is 5.92 Å². The van der Waals surface area contributed by atoms with Gasteiger partial charge in [-0.2, -0.15) is 4.37 Å². The van der Waals surface area contributed by atoms with E-state index in [4.69, 9.17) is 0 Å². The van der Waals surface area contributed by atoms with Gasteiger partial charge >= 0.3 is 0 Å². The van der Waals surface area contributed by atoms with Crippen molar-refractivity contribution in [2.24, 2.45) is 0 Å². The van der Waals surface area contributed by atoms with Crippen LogP contribution in [0.1, 0.15) is 29.8 Å². The molecular weight excluding hydrogens is 252 g/mol. The van der Waals surface area contributed by atoms with Crippen molar-refractivity contribution in [2.75, 3.05) is 0 Å². The Labute approximate surface area is 117 Å². The summed E-state index contributed by atoms with van der Waals surface area (Å²) < 4.78 is 4.49. The van der Waals surface area contributed by atoms with Crippen LogP contribution in [0.3, 0.4) is 0 Å². The Morgan fingerprint density at radius 3 is 2.63 bits per heavy atom. The minimum Gasteiger partial charge on any atom is -0.219 e. The molecule has 1 atom stereocenters. The molecular formula is C16H16N2S. The van der Waals surface area contributed by atoms with Crippen LogP contribution in [-0.2, 0) is 0 Å². The molecule has 1 aliphatic rings. The van der Waals surface area contributed by atoms with E-state index in [1.807, 2.05) is 0 Å². The summed E-state index contributed by atoms with van der Waals surface area (Å²) in [6, 6.07) is 8.37. The first-order valence-corrected chi connectivity index (χ1v) is 7.25. The van der Waals surface area contributed by atoms with Crippen LogP contribution in [-0.4, -0.2) is 9.36 Å². The summed E-state index contributed by atoms with van der Waals surface area (Å²) in [4.78, 5) is 4.69. The standard InChI is InChI=1S/C16H16N2S/c1-11-3-7-13(8-4-11)15-17-16(19-18-15)14-9-5-12(2)6-10-14/h3-9,14H,10H2,1-2H3. The maximum atomic E-state index is 4.69. The normalized spacial score (nSPS) is 18.4. The molecule has 1 unspecified atom stereocenters. The first kappa shape index (κ1) is 12.3. The lowest BCUT2D eigenvalue weighted by Crippen LogP contribution is -1.97. The van der Waals surface area contributed by atoms with E-state index >= 15 is 0 Å². The van der Waals surface area contributed by atoms with Crippen molar-refractivity contribution in [3.63, 3.8) is 0 Å². The fourth-order valence-electron chi connectivity index (χ4n) is 2.12. The lowest BCUT2D eigenvalue weighted by molar-refractivity contribution is 0.834. The van der Waals surface area contributed by atoms with Gasteiger partial charge in [-0.25, -0.2) is 4.98 Å². The predicted octanol–water partition coefficient (Wildman–Crippen LogP) is 4.50. The zero-order valence-electron chi connectivity index (χ0n) is 11.1. The summed E-state index contributed by atoms with van der Waals surface area (Å²) in [5, 5.41) is 1.11. The van der Waals surface area contributed by atoms with E-state index in [9.17, 15) is 0 Å². The van der Waals surface area contributed by atoms with E-state index in [2.05, 4.69) is 65.7 Å². The summed E-state index contributed by atoms with van der Waals surface area (Å²) in [6.45, 7) is 4.22. The van der Waals surface area contributed by atoms with Crippen molar-refractivity contribution in [3.8, 4) is 11.4 Å². The highest BCUT2D eigenvalue weighted by Crippen LogP contribution is 2.29. The lowest BCUT2D eigenvalue weighted by Gasteiger charge is -2.10. The average Bonchev–Trinajstić information content (AvgIpc) is 2.90. The summed E-state index contributed by atoms with van der Waals surface area (Å²) >= 11 is 1.51. The number of allylic oxidation sites excluding steroid dienone is 4. The Kier molecular flexibility index (Phi) is 3.30. The molecule has 19 heavy (non-hydrogen) atoms. The largest absolute Gasteiger partial charge is 0.219 e. The second kappa shape index (κ2) is 5.10. The van der Waals surface area contributed by atoms with Crippen LogP contribution in [0.25, 0.3) is 11.4 Å². The van der Waals surface area contributed by atoms with Crippen molar-refractivity contribution in [2.45, 2.75) is 26.2 Å². The molecule has 2 aromatic rings. The number of aromatic nitrogens is 2. The van der Waals surface area contributed by atoms with Gasteiger partial charge in [-0.3, -0.25) is 0 Å². The molecule has 1 aromatic heterocycles. The van der Waals surface area contributed by atoms with E-state index in [1.54, 1.807) is 0 Å². The third-order valence-electron chi connectivity index (χ3n) is 3.35. The number of benzene rings is 1. The van der Waals surface area contributed by atoms with Gasteiger partial charge in [0.2, 0.25) is 0 Å². The monoisotopic (exact) mass is 268 g/mol. The van der Waals surface area contributed by atoms with E-state index in [0.717, 1.165) is 22.8 Å². The number of hydrogen-bond donors (Lipinski definition) is 0. The molecule has 0 spiro atoms. The maximum absolute atomic E-state index is 4.69. The molecule has 0 fully saturated rings. The van der Waals surface area contributed by atoms with E-state index in [-0.39, 0.29) is 0 Å². The predicted molar refractivity (Wildman–Crippen MR) is 80.3 cm³/mol. The van der Waals surface area contributed by atoms with Crippen LogP contribution in [0.5, 0.6) is 0 Å². The Balaban J connectivity index is 1.84. The molecule has 0 bridgehead atoms. The summed E-state index contributed by atoms with van der Waals surface area (Å²) in [5.74, 6) is 1.24. The van der Waals surface area contributed by atoms with Crippen molar-refractivity contribution >= 4 is 11.5 Å². The van der Waals surface area contributed by atoms with E-state index in [1.165, 1.54) is 22.7 Å². The van der Waals surface area contributed by atoms with Crippen molar-refractivity contribution in [1.82, 2.24) is 9.36 Å². The molecule has 3 heteroatoms. The van der Waals surface area contributed by atoms with Gasteiger partial charge in [0.25, 0.3) is 0 Å². The molecule has 1 aromatic carbocycles.